The van der Waals surface area contributed by atoms with E-state index in [1.165, 1.54) is 5.56 Å². The Morgan fingerprint density at radius 3 is 2.38 bits per heavy atom. The van der Waals surface area contributed by atoms with Crippen molar-refractivity contribution in [1.82, 2.24) is 4.90 Å². The molecule has 2 rings (SSSR count). The Morgan fingerprint density at radius 2 is 1.86 bits per heavy atom. The normalized spacial score (nSPS) is 16.9. The number of methoxy groups -OCH3 is 1. The van der Waals surface area contributed by atoms with Gasteiger partial charge >= 0.3 is 0 Å². The van der Waals surface area contributed by atoms with Gasteiger partial charge in [-0.3, -0.25) is 4.79 Å². The lowest BCUT2D eigenvalue weighted by molar-refractivity contribution is -0.135. The Labute approximate surface area is 127 Å². The highest BCUT2D eigenvalue weighted by atomic mass is 16.5. The van der Waals surface area contributed by atoms with Crippen LogP contribution in [0.5, 0.6) is 5.75 Å². The van der Waals surface area contributed by atoms with Gasteiger partial charge in [-0.05, 0) is 29.5 Å². The van der Waals surface area contributed by atoms with E-state index in [9.17, 15) is 4.79 Å². The van der Waals surface area contributed by atoms with Gasteiger partial charge in [0.15, 0.2) is 0 Å². The second-order valence-electron chi connectivity index (χ2n) is 5.82. The molecule has 0 bridgehead atoms. The van der Waals surface area contributed by atoms with Gasteiger partial charge in [0.2, 0.25) is 5.91 Å². The summed E-state index contributed by atoms with van der Waals surface area (Å²) in [5, 5.41) is 0. The molecule has 21 heavy (non-hydrogen) atoms. The first-order valence-corrected chi connectivity index (χ1v) is 7.61. The van der Waals surface area contributed by atoms with Crippen molar-refractivity contribution in [3.63, 3.8) is 0 Å². The van der Waals surface area contributed by atoms with Gasteiger partial charge in [-0.2, -0.15) is 0 Å². The predicted molar refractivity (Wildman–Crippen MR) is 82.6 cm³/mol. The molecular formula is C17H25NO3. The van der Waals surface area contributed by atoms with E-state index in [0.717, 1.165) is 5.75 Å². The third kappa shape index (κ3) is 4.21. The van der Waals surface area contributed by atoms with Crippen molar-refractivity contribution in [3.8, 4) is 5.75 Å². The van der Waals surface area contributed by atoms with Crippen LogP contribution in [0.1, 0.15) is 31.7 Å². The Kier molecular flexibility index (Phi) is 5.62. The minimum absolute atomic E-state index is 0.229. The van der Waals surface area contributed by atoms with Crippen LogP contribution in [-0.2, 0) is 9.53 Å². The van der Waals surface area contributed by atoms with E-state index in [1.54, 1.807) is 7.11 Å². The highest BCUT2D eigenvalue weighted by Gasteiger charge is 2.24. The quantitative estimate of drug-likeness (QED) is 0.837. The maximum absolute atomic E-state index is 12.5. The molecule has 116 valence electrons. The molecule has 1 fully saturated rings. The van der Waals surface area contributed by atoms with Crippen LogP contribution < -0.4 is 4.74 Å². The molecule has 1 aliphatic heterocycles. The third-order valence-corrected chi connectivity index (χ3v) is 4.11. The molecule has 1 atom stereocenters. The summed E-state index contributed by atoms with van der Waals surface area (Å²) in [6.45, 7) is 7.07. The second-order valence-corrected chi connectivity index (χ2v) is 5.82. The zero-order valence-electron chi connectivity index (χ0n) is 13.2. The third-order valence-electron chi connectivity index (χ3n) is 4.11. The molecule has 0 aliphatic carbocycles. The summed E-state index contributed by atoms with van der Waals surface area (Å²) in [6.07, 6.45) is 0.560. The number of benzene rings is 1. The summed E-state index contributed by atoms with van der Waals surface area (Å²) in [5.74, 6) is 1.74. The molecule has 0 saturated carbocycles. The maximum Gasteiger partial charge on any atom is 0.223 e. The Bertz CT molecular complexity index is 450. The summed E-state index contributed by atoms with van der Waals surface area (Å²) in [5.41, 5.74) is 1.20. The van der Waals surface area contributed by atoms with Gasteiger partial charge in [-0.1, -0.05) is 26.0 Å². The molecule has 0 radical (unpaired) electrons. The van der Waals surface area contributed by atoms with Gasteiger partial charge in [-0.15, -0.1) is 0 Å². The Morgan fingerprint density at radius 1 is 1.24 bits per heavy atom. The van der Waals surface area contributed by atoms with E-state index >= 15 is 0 Å². The fourth-order valence-corrected chi connectivity index (χ4v) is 2.72. The number of hydrogen-bond donors (Lipinski definition) is 0. The van der Waals surface area contributed by atoms with Crippen molar-refractivity contribution in [3.05, 3.63) is 29.8 Å². The molecule has 0 aromatic heterocycles. The van der Waals surface area contributed by atoms with E-state index in [0.29, 0.717) is 38.6 Å². The highest BCUT2D eigenvalue weighted by molar-refractivity contribution is 5.77. The van der Waals surface area contributed by atoms with Gasteiger partial charge in [0.1, 0.15) is 5.75 Å². The summed E-state index contributed by atoms with van der Waals surface area (Å²) in [4.78, 5) is 14.4. The van der Waals surface area contributed by atoms with Crippen molar-refractivity contribution in [2.45, 2.75) is 26.2 Å². The molecule has 0 N–H and O–H groups in total. The zero-order valence-corrected chi connectivity index (χ0v) is 13.2. The van der Waals surface area contributed by atoms with Crippen LogP contribution in [0.15, 0.2) is 24.3 Å². The number of morpholine rings is 1. The topological polar surface area (TPSA) is 38.8 Å². The molecule has 4 nitrogen and oxygen atoms in total. The van der Waals surface area contributed by atoms with Crippen molar-refractivity contribution < 1.29 is 14.3 Å². The lowest BCUT2D eigenvalue weighted by Crippen LogP contribution is -2.41. The van der Waals surface area contributed by atoms with Gasteiger partial charge in [-0.25, -0.2) is 0 Å². The van der Waals surface area contributed by atoms with Crippen molar-refractivity contribution in [1.29, 1.82) is 0 Å². The number of carbonyl (C=O) groups is 1. The largest absolute Gasteiger partial charge is 0.497 e. The lowest BCUT2D eigenvalue weighted by Gasteiger charge is -2.29. The first kappa shape index (κ1) is 15.8. The van der Waals surface area contributed by atoms with E-state index in [1.807, 2.05) is 17.0 Å². The first-order chi connectivity index (χ1) is 10.1. The molecule has 0 unspecified atom stereocenters. The summed E-state index contributed by atoms with van der Waals surface area (Å²) in [7, 11) is 1.66. The van der Waals surface area contributed by atoms with E-state index in [-0.39, 0.29) is 11.8 Å². The molecule has 1 saturated heterocycles. The average molecular weight is 291 g/mol. The SMILES string of the molecule is COc1ccc([C@@H](CC(=O)N2CCOCC2)C(C)C)cc1. The fourth-order valence-electron chi connectivity index (χ4n) is 2.72. The molecule has 0 spiro atoms. The number of ether oxygens (including phenoxy) is 2. The standard InChI is InChI=1S/C17H25NO3/c1-13(2)16(14-4-6-15(20-3)7-5-14)12-17(19)18-8-10-21-11-9-18/h4-7,13,16H,8-12H2,1-3H3/t16-/m0/s1. The first-order valence-electron chi connectivity index (χ1n) is 7.61. The molecule has 1 aromatic carbocycles. The van der Waals surface area contributed by atoms with Crippen molar-refractivity contribution in [2.24, 2.45) is 5.92 Å². The summed E-state index contributed by atoms with van der Waals surface area (Å²) >= 11 is 0. The van der Waals surface area contributed by atoms with E-state index in [2.05, 4.69) is 26.0 Å². The molecule has 4 heteroatoms. The molecule has 1 aromatic rings. The molecule has 1 amide bonds. The monoisotopic (exact) mass is 291 g/mol. The average Bonchev–Trinajstić information content (AvgIpc) is 2.53. The fraction of sp³-hybridized carbons (Fsp3) is 0.588. The Balaban J connectivity index is 2.05. The van der Waals surface area contributed by atoms with Gasteiger partial charge in [0, 0.05) is 19.5 Å². The maximum atomic E-state index is 12.5. The van der Waals surface area contributed by atoms with Gasteiger partial charge in [0.05, 0.1) is 20.3 Å². The number of rotatable bonds is 5. The summed E-state index contributed by atoms with van der Waals surface area (Å²) in [6, 6.07) is 8.06. The zero-order chi connectivity index (χ0) is 15.2. The predicted octanol–water partition coefficient (Wildman–Crippen LogP) is 2.68. The van der Waals surface area contributed by atoms with Crippen LogP contribution in [0.4, 0.5) is 0 Å². The number of hydrogen-bond acceptors (Lipinski definition) is 3. The van der Waals surface area contributed by atoms with E-state index in [4.69, 9.17) is 9.47 Å². The van der Waals surface area contributed by atoms with Gasteiger partial charge < -0.3 is 14.4 Å². The smallest absolute Gasteiger partial charge is 0.223 e. The molecule has 1 heterocycles. The van der Waals surface area contributed by atoms with Crippen LogP contribution >= 0.6 is 0 Å². The van der Waals surface area contributed by atoms with Crippen LogP contribution in [0, 0.1) is 5.92 Å². The van der Waals surface area contributed by atoms with Crippen molar-refractivity contribution in [2.75, 3.05) is 33.4 Å². The minimum atomic E-state index is 0.229. The molecule has 1 aliphatic rings. The van der Waals surface area contributed by atoms with Crippen LogP contribution in [0.3, 0.4) is 0 Å². The highest BCUT2D eigenvalue weighted by Crippen LogP contribution is 2.30. The second kappa shape index (κ2) is 7.46. The Hall–Kier alpha value is -1.55. The minimum Gasteiger partial charge on any atom is -0.497 e. The van der Waals surface area contributed by atoms with E-state index < -0.39 is 0 Å². The lowest BCUT2D eigenvalue weighted by atomic mass is 9.85. The summed E-state index contributed by atoms with van der Waals surface area (Å²) < 4.78 is 10.5. The van der Waals surface area contributed by atoms with Crippen LogP contribution in [-0.4, -0.2) is 44.2 Å². The molecular weight excluding hydrogens is 266 g/mol. The number of carbonyl (C=O) groups excluding carboxylic acids is 1. The van der Waals surface area contributed by atoms with Crippen LogP contribution in [0.25, 0.3) is 0 Å². The number of nitrogens with zero attached hydrogens (tertiary/aromatic N) is 1. The number of amides is 1. The van der Waals surface area contributed by atoms with Gasteiger partial charge in [0.25, 0.3) is 0 Å². The van der Waals surface area contributed by atoms with Crippen LogP contribution in [0.2, 0.25) is 0 Å². The van der Waals surface area contributed by atoms with Crippen molar-refractivity contribution >= 4 is 5.91 Å².